The van der Waals surface area contributed by atoms with Gasteiger partial charge < -0.3 is 4.74 Å². The van der Waals surface area contributed by atoms with Crippen molar-refractivity contribution >= 4 is 5.97 Å². The molecule has 0 aliphatic rings. The number of rotatable bonds is 2. The van der Waals surface area contributed by atoms with Crippen molar-refractivity contribution in [2.45, 2.75) is 27.5 Å². The molecule has 0 spiro atoms. The maximum Gasteiger partial charge on any atom is 0.331 e. The summed E-state index contributed by atoms with van der Waals surface area (Å²) in [6.45, 7) is 4.94. The van der Waals surface area contributed by atoms with Gasteiger partial charge in [-0.15, -0.1) is 0 Å². The van der Waals surface area contributed by atoms with Gasteiger partial charge in [-0.2, -0.15) is 0 Å². The number of esters is 1. The number of carbonyl (C=O) groups is 1. The highest BCUT2D eigenvalue weighted by molar-refractivity contribution is 5.75. The molecule has 1 aromatic rings. The summed E-state index contributed by atoms with van der Waals surface area (Å²) >= 11 is 0. The molecular formula is C10H14N2O4. The van der Waals surface area contributed by atoms with E-state index in [0.29, 0.717) is 0 Å². The predicted molar refractivity (Wildman–Crippen MR) is 56.9 cm³/mol. The third-order valence-electron chi connectivity index (χ3n) is 1.84. The number of hydrogen-bond donors (Lipinski definition) is 1. The van der Waals surface area contributed by atoms with Crippen molar-refractivity contribution in [2.24, 2.45) is 5.41 Å². The Hall–Kier alpha value is -1.85. The first-order valence-corrected chi connectivity index (χ1v) is 4.78. The molecule has 0 bridgehead atoms. The Morgan fingerprint density at radius 2 is 2.06 bits per heavy atom. The van der Waals surface area contributed by atoms with E-state index in [0.717, 1.165) is 4.57 Å². The standard InChI is InChI=1S/C10H14N2O4/c1-10(2,3)8(14)16-6-12-5-4-7(13)11-9(12)15/h4-5H,6H2,1-3H3,(H,11,13,15). The molecule has 0 fully saturated rings. The molecule has 1 aromatic heterocycles. The molecule has 88 valence electrons. The molecular weight excluding hydrogens is 212 g/mol. The van der Waals surface area contributed by atoms with Crippen molar-refractivity contribution in [3.8, 4) is 0 Å². The Morgan fingerprint density at radius 1 is 1.44 bits per heavy atom. The van der Waals surface area contributed by atoms with E-state index in [-0.39, 0.29) is 6.73 Å². The van der Waals surface area contributed by atoms with Gasteiger partial charge in [0.15, 0.2) is 6.73 Å². The van der Waals surface area contributed by atoms with E-state index in [4.69, 9.17) is 4.74 Å². The minimum absolute atomic E-state index is 0.203. The van der Waals surface area contributed by atoms with E-state index in [1.807, 2.05) is 0 Å². The van der Waals surface area contributed by atoms with Crippen LogP contribution in [-0.2, 0) is 16.3 Å². The fourth-order valence-corrected chi connectivity index (χ4v) is 0.891. The van der Waals surface area contributed by atoms with Crippen LogP contribution in [0.3, 0.4) is 0 Å². The lowest BCUT2D eigenvalue weighted by molar-refractivity contribution is -0.157. The van der Waals surface area contributed by atoms with E-state index in [2.05, 4.69) is 4.98 Å². The molecule has 6 nitrogen and oxygen atoms in total. The molecule has 0 aromatic carbocycles. The Morgan fingerprint density at radius 3 is 2.56 bits per heavy atom. The Labute approximate surface area is 91.9 Å². The van der Waals surface area contributed by atoms with Crippen molar-refractivity contribution in [3.05, 3.63) is 33.1 Å². The zero-order chi connectivity index (χ0) is 12.3. The molecule has 1 heterocycles. The molecule has 1 rings (SSSR count). The van der Waals surface area contributed by atoms with Crippen LogP contribution in [0.1, 0.15) is 20.8 Å². The first kappa shape index (κ1) is 12.2. The zero-order valence-corrected chi connectivity index (χ0v) is 9.44. The molecule has 0 aliphatic heterocycles. The SMILES string of the molecule is CC(C)(C)C(=O)OCn1ccc(=O)[nH]c1=O. The number of nitrogens with one attached hydrogen (secondary N) is 1. The lowest BCUT2D eigenvalue weighted by atomic mass is 9.98. The number of aromatic amines is 1. The van der Waals surface area contributed by atoms with E-state index in [1.165, 1.54) is 12.3 Å². The second-order valence-electron chi connectivity index (χ2n) is 4.39. The first-order chi connectivity index (χ1) is 7.30. The third-order valence-corrected chi connectivity index (χ3v) is 1.84. The number of carbonyl (C=O) groups excluding carboxylic acids is 1. The predicted octanol–water partition coefficient (Wildman–Crippen LogP) is 0.0834. The molecule has 0 atom stereocenters. The summed E-state index contributed by atoms with van der Waals surface area (Å²) in [6.07, 6.45) is 1.27. The molecule has 0 amide bonds. The first-order valence-electron chi connectivity index (χ1n) is 4.78. The van der Waals surface area contributed by atoms with Crippen LogP contribution in [0.25, 0.3) is 0 Å². The Kier molecular flexibility index (Phi) is 3.31. The van der Waals surface area contributed by atoms with E-state index in [9.17, 15) is 14.4 Å². The highest BCUT2D eigenvalue weighted by atomic mass is 16.5. The van der Waals surface area contributed by atoms with Crippen molar-refractivity contribution in [2.75, 3.05) is 0 Å². The van der Waals surface area contributed by atoms with E-state index in [1.54, 1.807) is 20.8 Å². The van der Waals surface area contributed by atoms with Crippen LogP contribution in [0.15, 0.2) is 21.9 Å². The molecule has 0 saturated carbocycles. The van der Waals surface area contributed by atoms with Gasteiger partial charge in [-0.3, -0.25) is 19.1 Å². The average molecular weight is 226 g/mol. The largest absolute Gasteiger partial charge is 0.443 e. The number of ether oxygens (including phenoxy) is 1. The zero-order valence-electron chi connectivity index (χ0n) is 9.44. The molecule has 1 N–H and O–H groups in total. The lowest BCUT2D eigenvalue weighted by Gasteiger charge is -2.16. The molecule has 0 radical (unpaired) electrons. The molecule has 6 heteroatoms. The highest BCUT2D eigenvalue weighted by Gasteiger charge is 2.22. The van der Waals surface area contributed by atoms with Gasteiger partial charge in [0, 0.05) is 12.3 Å². The van der Waals surface area contributed by atoms with Crippen LogP contribution in [0.4, 0.5) is 0 Å². The monoisotopic (exact) mass is 226 g/mol. The summed E-state index contributed by atoms with van der Waals surface area (Å²) in [5.74, 6) is -0.411. The van der Waals surface area contributed by atoms with Gasteiger partial charge in [-0.1, -0.05) is 0 Å². The second kappa shape index (κ2) is 4.34. The minimum Gasteiger partial charge on any atom is -0.443 e. The fraction of sp³-hybridized carbons (Fsp3) is 0.500. The highest BCUT2D eigenvalue weighted by Crippen LogP contribution is 2.14. The van der Waals surface area contributed by atoms with Crippen LogP contribution >= 0.6 is 0 Å². The summed E-state index contributed by atoms with van der Waals surface area (Å²) in [7, 11) is 0. The van der Waals surface area contributed by atoms with Crippen molar-refractivity contribution in [3.63, 3.8) is 0 Å². The number of nitrogens with zero attached hydrogens (tertiary/aromatic N) is 1. The van der Waals surface area contributed by atoms with Crippen molar-refractivity contribution in [1.82, 2.24) is 9.55 Å². The van der Waals surface area contributed by atoms with Gasteiger partial charge in [-0.05, 0) is 20.8 Å². The fourth-order valence-electron chi connectivity index (χ4n) is 0.891. The lowest BCUT2D eigenvalue weighted by Crippen LogP contribution is -2.31. The van der Waals surface area contributed by atoms with Crippen molar-refractivity contribution < 1.29 is 9.53 Å². The second-order valence-corrected chi connectivity index (χ2v) is 4.39. The van der Waals surface area contributed by atoms with Crippen LogP contribution in [0.2, 0.25) is 0 Å². The van der Waals surface area contributed by atoms with Gasteiger partial charge in [-0.25, -0.2) is 4.79 Å². The average Bonchev–Trinajstić information content (AvgIpc) is 2.14. The maximum absolute atomic E-state index is 11.4. The van der Waals surface area contributed by atoms with Crippen LogP contribution in [0.5, 0.6) is 0 Å². The summed E-state index contributed by atoms with van der Waals surface area (Å²) in [4.78, 5) is 35.4. The maximum atomic E-state index is 11.4. The smallest absolute Gasteiger partial charge is 0.331 e. The topological polar surface area (TPSA) is 81.2 Å². The van der Waals surface area contributed by atoms with Crippen LogP contribution in [0, 0.1) is 5.41 Å². The van der Waals surface area contributed by atoms with Gasteiger partial charge in [0.25, 0.3) is 5.56 Å². The van der Waals surface area contributed by atoms with E-state index < -0.39 is 22.6 Å². The number of hydrogen-bond acceptors (Lipinski definition) is 4. The molecule has 0 aliphatic carbocycles. The Balaban J connectivity index is 2.73. The molecule has 16 heavy (non-hydrogen) atoms. The van der Waals surface area contributed by atoms with Crippen molar-refractivity contribution in [1.29, 1.82) is 0 Å². The number of H-pyrrole nitrogens is 1. The van der Waals surface area contributed by atoms with Crippen LogP contribution in [-0.4, -0.2) is 15.5 Å². The van der Waals surface area contributed by atoms with Gasteiger partial charge in [0.05, 0.1) is 5.41 Å². The quantitative estimate of drug-likeness (QED) is 0.724. The minimum atomic E-state index is -0.619. The van der Waals surface area contributed by atoms with Gasteiger partial charge in [0.1, 0.15) is 0 Å². The van der Waals surface area contributed by atoms with Gasteiger partial charge >= 0.3 is 11.7 Å². The molecule has 0 saturated heterocycles. The summed E-state index contributed by atoms with van der Waals surface area (Å²) in [5.41, 5.74) is -1.70. The summed E-state index contributed by atoms with van der Waals surface area (Å²) in [6, 6.07) is 1.19. The summed E-state index contributed by atoms with van der Waals surface area (Å²) < 4.78 is 6.02. The van der Waals surface area contributed by atoms with Gasteiger partial charge in [0.2, 0.25) is 0 Å². The normalized spacial score (nSPS) is 11.2. The third kappa shape index (κ3) is 3.08. The Bertz CT molecular complexity index is 493. The molecule has 0 unspecified atom stereocenters. The number of aromatic nitrogens is 2. The van der Waals surface area contributed by atoms with Crippen LogP contribution < -0.4 is 11.2 Å². The van der Waals surface area contributed by atoms with E-state index >= 15 is 0 Å². The summed E-state index contributed by atoms with van der Waals surface area (Å²) in [5, 5.41) is 0.